The molecule has 0 fully saturated rings. The number of hydrogen-bond donors (Lipinski definition) is 1. The van der Waals surface area contributed by atoms with Gasteiger partial charge in [0, 0.05) is 12.4 Å². The van der Waals surface area contributed by atoms with Gasteiger partial charge in [-0.25, -0.2) is 0 Å². The van der Waals surface area contributed by atoms with Crippen molar-refractivity contribution in [3.8, 4) is 0 Å². The van der Waals surface area contributed by atoms with Crippen LogP contribution in [0.2, 0.25) is 0 Å². The van der Waals surface area contributed by atoms with Crippen LogP contribution in [0.1, 0.15) is 20.0 Å². The highest BCUT2D eigenvalue weighted by molar-refractivity contribution is 7.12. The van der Waals surface area contributed by atoms with Gasteiger partial charge < -0.3 is 10.0 Å². The number of aliphatic hydroxyl groups is 1. The maximum Gasteiger partial charge on any atom is 0.196 e. The first-order chi connectivity index (χ1) is 6.65. The first kappa shape index (κ1) is 9.36. The van der Waals surface area contributed by atoms with E-state index in [1.807, 2.05) is 0 Å². The topological polar surface area (TPSA) is 57.6 Å². The molecule has 0 bridgehead atoms. The summed E-state index contributed by atoms with van der Waals surface area (Å²) in [5.74, 6) is -0.289. The molecule has 0 spiro atoms. The minimum Gasteiger partial charge on any atom is -0.383 e. The Morgan fingerprint density at radius 3 is 3.07 bits per heavy atom. The van der Waals surface area contributed by atoms with Gasteiger partial charge in [-0.3, -0.25) is 9.59 Å². The van der Waals surface area contributed by atoms with Crippen molar-refractivity contribution in [3.63, 3.8) is 0 Å². The summed E-state index contributed by atoms with van der Waals surface area (Å²) in [6, 6.07) is 0. The number of Topliss-reactive ketones (excluding diaryl/α,β-unsaturated/α-hetero) is 1. The van der Waals surface area contributed by atoms with Gasteiger partial charge in [-0.05, 0) is 0 Å². The number of carbonyl (C=O) groups excluding carboxylic acids is 2. The highest BCUT2D eigenvalue weighted by Crippen LogP contribution is 2.33. The quantitative estimate of drug-likeness (QED) is 0.689. The molecule has 1 atom stereocenters. The van der Waals surface area contributed by atoms with Crippen LogP contribution in [0.5, 0.6) is 0 Å². The Labute approximate surface area is 84.8 Å². The Bertz CT molecular complexity index is 399. The molecular weight excluding hydrogens is 202 g/mol. The molecule has 1 N–H and O–H groups in total. The van der Waals surface area contributed by atoms with Gasteiger partial charge in [-0.1, -0.05) is 0 Å². The van der Waals surface area contributed by atoms with Crippen LogP contribution in [0.3, 0.4) is 0 Å². The zero-order valence-electron chi connectivity index (χ0n) is 7.56. The molecule has 1 aliphatic rings. The van der Waals surface area contributed by atoms with E-state index in [1.54, 1.807) is 17.3 Å². The second kappa shape index (κ2) is 3.18. The van der Waals surface area contributed by atoms with Crippen molar-refractivity contribution >= 4 is 29.1 Å². The lowest BCUT2D eigenvalue weighted by Crippen LogP contribution is -2.40. The van der Waals surface area contributed by atoms with E-state index in [9.17, 15) is 14.7 Å². The van der Waals surface area contributed by atoms with Gasteiger partial charge >= 0.3 is 0 Å². The molecule has 74 valence electrons. The molecule has 0 aromatic carbocycles. The lowest BCUT2D eigenvalue weighted by molar-refractivity contribution is 0.0749. The van der Waals surface area contributed by atoms with Gasteiger partial charge in [0.25, 0.3) is 0 Å². The third kappa shape index (κ3) is 1.17. The Morgan fingerprint density at radius 2 is 2.43 bits per heavy atom. The van der Waals surface area contributed by atoms with E-state index in [4.69, 9.17) is 0 Å². The molecule has 2 heterocycles. The van der Waals surface area contributed by atoms with E-state index < -0.39 is 6.10 Å². The molecular formula is C9H9NO3S. The molecule has 1 aliphatic heterocycles. The van der Waals surface area contributed by atoms with Crippen molar-refractivity contribution < 1.29 is 14.7 Å². The van der Waals surface area contributed by atoms with Crippen molar-refractivity contribution in [2.45, 2.75) is 6.10 Å². The monoisotopic (exact) mass is 211 g/mol. The first-order valence-corrected chi connectivity index (χ1v) is 5.03. The van der Waals surface area contributed by atoms with E-state index >= 15 is 0 Å². The maximum absolute atomic E-state index is 11.5. The second-order valence-electron chi connectivity index (χ2n) is 3.24. The van der Waals surface area contributed by atoms with Crippen molar-refractivity contribution in [1.82, 2.24) is 0 Å². The number of likely N-dealkylation sites (N-methyl/N-ethyl adjacent to an activating group) is 1. The fourth-order valence-corrected chi connectivity index (χ4v) is 2.54. The summed E-state index contributed by atoms with van der Waals surface area (Å²) in [6.45, 7) is 0.253. The zero-order chi connectivity index (χ0) is 10.3. The Morgan fingerprint density at radius 1 is 1.71 bits per heavy atom. The van der Waals surface area contributed by atoms with Crippen molar-refractivity contribution in [2.24, 2.45) is 0 Å². The Kier molecular flexibility index (Phi) is 2.13. The number of hydrogen-bond acceptors (Lipinski definition) is 5. The van der Waals surface area contributed by atoms with E-state index in [2.05, 4.69) is 0 Å². The maximum atomic E-state index is 11.5. The number of nitrogens with zero attached hydrogens (tertiary/aromatic N) is 1. The summed E-state index contributed by atoms with van der Waals surface area (Å²) in [4.78, 5) is 24.5. The van der Waals surface area contributed by atoms with Crippen LogP contribution in [-0.2, 0) is 0 Å². The molecule has 5 heteroatoms. The molecule has 1 aromatic heterocycles. The molecule has 4 nitrogen and oxygen atoms in total. The number of anilines is 1. The van der Waals surface area contributed by atoms with Crippen LogP contribution < -0.4 is 4.90 Å². The minimum absolute atomic E-state index is 0.253. The molecule has 0 amide bonds. The van der Waals surface area contributed by atoms with Gasteiger partial charge in [0.15, 0.2) is 12.1 Å². The fourth-order valence-electron chi connectivity index (χ4n) is 1.63. The van der Waals surface area contributed by atoms with Crippen LogP contribution in [0, 0.1) is 0 Å². The smallest absolute Gasteiger partial charge is 0.196 e. The predicted molar refractivity (Wildman–Crippen MR) is 53.3 cm³/mol. The number of carbonyl (C=O) groups is 2. The first-order valence-electron chi connectivity index (χ1n) is 4.15. The summed E-state index contributed by atoms with van der Waals surface area (Å²) in [5.41, 5.74) is 1.11. The van der Waals surface area contributed by atoms with Crippen LogP contribution in [0.4, 0.5) is 5.69 Å². The molecule has 0 saturated carbocycles. The van der Waals surface area contributed by atoms with Gasteiger partial charge in [0.05, 0.1) is 22.7 Å². The third-order valence-electron chi connectivity index (χ3n) is 2.30. The number of aliphatic hydroxyl groups excluding tert-OH is 1. The SMILES string of the molecule is CN1CC(O)C(=O)c2csc(C=O)c21. The van der Waals surface area contributed by atoms with Crippen LogP contribution in [-0.4, -0.2) is 36.9 Å². The minimum atomic E-state index is -0.971. The van der Waals surface area contributed by atoms with Crippen molar-refractivity contribution in [2.75, 3.05) is 18.5 Å². The highest BCUT2D eigenvalue weighted by atomic mass is 32.1. The van der Waals surface area contributed by atoms with E-state index in [-0.39, 0.29) is 12.3 Å². The Hall–Kier alpha value is -1.20. The number of thiophene rings is 1. The summed E-state index contributed by atoms with van der Waals surface area (Å²) in [5, 5.41) is 11.0. The molecule has 14 heavy (non-hydrogen) atoms. The third-order valence-corrected chi connectivity index (χ3v) is 3.19. The lowest BCUT2D eigenvalue weighted by atomic mass is 10.0. The predicted octanol–water partition coefficient (Wildman–Crippen LogP) is 0.554. The number of fused-ring (bicyclic) bond motifs is 1. The number of aldehydes is 1. The van der Waals surface area contributed by atoms with E-state index in [1.165, 1.54) is 11.3 Å². The summed E-state index contributed by atoms with van der Waals surface area (Å²) in [6.07, 6.45) is -0.230. The fraction of sp³-hybridized carbons (Fsp3) is 0.333. The largest absolute Gasteiger partial charge is 0.383 e. The molecule has 0 saturated heterocycles. The zero-order valence-corrected chi connectivity index (χ0v) is 8.37. The summed E-state index contributed by atoms with van der Waals surface area (Å²) in [7, 11) is 1.76. The molecule has 1 unspecified atom stereocenters. The average Bonchev–Trinajstić information content (AvgIpc) is 2.58. The van der Waals surface area contributed by atoms with Crippen LogP contribution in [0.25, 0.3) is 0 Å². The second-order valence-corrected chi connectivity index (χ2v) is 4.15. The summed E-state index contributed by atoms with van der Waals surface area (Å²) >= 11 is 1.23. The summed E-state index contributed by atoms with van der Waals surface area (Å²) < 4.78 is 0. The van der Waals surface area contributed by atoms with E-state index in [0.717, 1.165) is 6.29 Å². The van der Waals surface area contributed by atoms with Gasteiger partial charge in [0.1, 0.15) is 6.10 Å². The highest BCUT2D eigenvalue weighted by Gasteiger charge is 2.31. The standard InChI is InChI=1S/C9H9NO3S/c1-10-2-6(12)9(13)5-4-14-7(3-11)8(5)10/h3-4,6,12H,2H2,1H3. The molecule has 1 aromatic rings. The molecule has 0 radical (unpaired) electrons. The van der Waals surface area contributed by atoms with E-state index in [0.29, 0.717) is 16.1 Å². The molecule has 0 aliphatic carbocycles. The number of ketones is 1. The van der Waals surface area contributed by atoms with Gasteiger partial charge in [-0.15, -0.1) is 11.3 Å². The van der Waals surface area contributed by atoms with Gasteiger partial charge in [0.2, 0.25) is 0 Å². The van der Waals surface area contributed by atoms with Crippen molar-refractivity contribution in [1.29, 1.82) is 0 Å². The Balaban J connectivity index is 2.57. The average molecular weight is 211 g/mol. The molecule has 2 rings (SSSR count). The number of rotatable bonds is 1. The normalized spacial score (nSPS) is 20.9. The van der Waals surface area contributed by atoms with Crippen LogP contribution in [0.15, 0.2) is 5.38 Å². The van der Waals surface area contributed by atoms with Crippen LogP contribution >= 0.6 is 11.3 Å². The van der Waals surface area contributed by atoms with Gasteiger partial charge in [-0.2, -0.15) is 0 Å². The lowest BCUT2D eigenvalue weighted by Gasteiger charge is -2.27. The number of β-amino-alcohol motifs (C(OH)–C–C–N with tert-alkyl or cyclic N) is 1. The van der Waals surface area contributed by atoms with Crippen molar-refractivity contribution in [3.05, 3.63) is 15.8 Å².